The van der Waals surface area contributed by atoms with Crippen molar-refractivity contribution in [3.8, 4) is 11.4 Å². The fourth-order valence-electron chi connectivity index (χ4n) is 2.74. The Kier molecular flexibility index (Phi) is 5.49. The van der Waals surface area contributed by atoms with Crippen LogP contribution in [-0.4, -0.2) is 32.3 Å². The van der Waals surface area contributed by atoms with Gasteiger partial charge in [-0.2, -0.15) is 0 Å². The predicted molar refractivity (Wildman–Crippen MR) is 110 cm³/mol. The van der Waals surface area contributed by atoms with Crippen LogP contribution in [0.4, 0.5) is 5.69 Å². The van der Waals surface area contributed by atoms with E-state index in [1.54, 1.807) is 19.1 Å². The largest absolute Gasteiger partial charge is 0.496 e. The lowest BCUT2D eigenvalue weighted by Crippen LogP contribution is -2.15. The molecule has 0 aliphatic heterocycles. The van der Waals surface area contributed by atoms with Crippen LogP contribution in [-0.2, 0) is 9.84 Å². The first kappa shape index (κ1) is 20.0. The average molecular weight is 419 g/mol. The Morgan fingerprint density at radius 2 is 1.82 bits per heavy atom. The smallest absolute Gasteiger partial charge is 0.259 e. The van der Waals surface area contributed by atoms with E-state index in [0.717, 1.165) is 11.8 Å². The number of hydrogen-bond acceptors (Lipinski definition) is 4. The van der Waals surface area contributed by atoms with Gasteiger partial charge in [-0.25, -0.2) is 8.42 Å². The van der Waals surface area contributed by atoms with Gasteiger partial charge in [0, 0.05) is 30.4 Å². The maximum atomic E-state index is 12.9. The summed E-state index contributed by atoms with van der Waals surface area (Å²) in [5, 5.41) is 3.12. The van der Waals surface area contributed by atoms with Gasteiger partial charge in [-0.15, -0.1) is 0 Å². The van der Waals surface area contributed by atoms with Gasteiger partial charge in [0.05, 0.1) is 28.3 Å². The van der Waals surface area contributed by atoms with E-state index in [0.29, 0.717) is 22.1 Å². The van der Waals surface area contributed by atoms with Crippen LogP contribution in [0.3, 0.4) is 0 Å². The molecular weight excluding hydrogens is 400 g/mol. The minimum Gasteiger partial charge on any atom is -0.496 e. The molecule has 1 aromatic heterocycles. The van der Waals surface area contributed by atoms with Gasteiger partial charge in [-0.05, 0) is 42.8 Å². The Hall–Kier alpha value is -2.77. The number of benzene rings is 2. The molecule has 0 saturated carbocycles. The number of aryl methyl sites for hydroxylation is 1. The molecule has 0 saturated heterocycles. The van der Waals surface area contributed by atoms with Crippen molar-refractivity contribution in [3.05, 3.63) is 71.0 Å². The van der Waals surface area contributed by atoms with E-state index in [9.17, 15) is 13.2 Å². The van der Waals surface area contributed by atoms with Crippen molar-refractivity contribution >= 4 is 33.0 Å². The molecule has 0 spiro atoms. The number of anilines is 1. The van der Waals surface area contributed by atoms with Crippen LogP contribution in [0.25, 0.3) is 5.69 Å². The van der Waals surface area contributed by atoms with Crippen molar-refractivity contribution in [2.45, 2.75) is 11.8 Å². The van der Waals surface area contributed by atoms with Gasteiger partial charge < -0.3 is 14.6 Å². The summed E-state index contributed by atoms with van der Waals surface area (Å²) in [7, 11) is -1.93. The molecule has 28 heavy (non-hydrogen) atoms. The molecule has 0 aliphatic rings. The van der Waals surface area contributed by atoms with Gasteiger partial charge in [-0.1, -0.05) is 17.7 Å². The second-order valence-electron chi connectivity index (χ2n) is 6.30. The highest BCUT2D eigenvalue weighted by molar-refractivity contribution is 7.90. The summed E-state index contributed by atoms with van der Waals surface area (Å²) >= 11 is 6.38. The third kappa shape index (κ3) is 4.05. The zero-order valence-corrected chi connectivity index (χ0v) is 17.1. The van der Waals surface area contributed by atoms with E-state index in [4.69, 9.17) is 16.3 Å². The van der Waals surface area contributed by atoms with Crippen molar-refractivity contribution < 1.29 is 17.9 Å². The molecule has 1 N–H and O–H groups in total. The number of nitrogens with one attached hydrogen (secondary N) is 1. The maximum Gasteiger partial charge on any atom is 0.259 e. The Morgan fingerprint density at radius 1 is 1.14 bits per heavy atom. The topological polar surface area (TPSA) is 77.4 Å². The van der Waals surface area contributed by atoms with Crippen LogP contribution in [0.5, 0.6) is 5.75 Å². The van der Waals surface area contributed by atoms with E-state index in [2.05, 4.69) is 5.32 Å². The normalized spacial score (nSPS) is 11.3. The summed E-state index contributed by atoms with van der Waals surface area (Å²) in [6.45, 7) is 1.78. The van der Waals surface area contributed by atoms with E-state index in [-0.39, 0.29) is 10.5 Å². The lowest BCUT2D eigenvalue weighted by Gasteiger charge is -2.15. The van der Waals surface area contributed by atoms with Crippen molar-refractivity contribution in [1.29, 1.82) is 0 Å². The van der Waals surface area contributed by atoms with Gasteiger partial charge in [0.1, 0.15) is 5.75 Å². The number of carbonyl (C=O) groups is 1. The Morgan fingerprint density at radius 3 is 2.43 bits per heavy atom. The molecular formula is C20H19ClN2O4S. The highest BCUT2D eigenvalue weighted by Gasteiger charge is 2.18. The summed E-state index contributed by atoms with van der Waals surface area (Å²) in [6, 6.07) is 11.5. The number of nitrogens with zero attached hydrogens (tertiary/aromatic N) is 1. The van der Waals surface area contributed by atoms with Crippen molar-refractivity contribution in [1.82, 2.24) is 4.57 Å². The second kappa shape index (κ2) is 7.69. The van der Waals surface area contributed by atoms with Gasteiger partial charge in [0.25, 0.3) is 5.91 Å². The Balaban J connectivity index is 1.98. The maximum absolute atomic E-state index is 12.9. The lowest BCUT2D eigenvalue weighted by molar-refractivity contribution is 0.102. The first-order chi connectivity index (χ1) is 13.2. The molecule has 0 aliphatic carbocycles. The molecule has 1 heterocycles. The summed E-state index contributed by atoms with van der Waals surface area (Å²) in [5.41, 5.74) is 2.05. The van der Waals surface area contributed by atoms with Gasteiger partial charge in [0.2, 0.25) is 0 Å². The van der Waals surface area contributed by atoms with Crippen LogP contribution >= 0.6 is 11.6 Å². The minimum absolute atomic E-state index is 0.126. The highest BCUT2D eigenvalue weighted by atomic mass is 35.5. The number of carbonyl (C=O) groups excluding carboxylic acids is 1. The monoisotopic (exact) mass is 418 g/mol. The van der Waals surface area contributed by atoms with Crippen molar-refractivity contribution in [2.24, 2.45) is 0 Å². The zero-order chi connectivity index (χ0) is 20.5. The third-order valence-corrected chi connectivity index (χ3v) is 5.69. The summed E-state index contributed by atoms with van der Waals surface area (Å²) in [6.07, 6.45) is 4.78. The van der Waals surface area contributed by atoms with Crippen LogP contribution in [0, 0.1) is 6.92 Å². The number of hydrogen-bond donors (Lipinski definition) is 1. The number of halogens is 1. The van der Waals surface area contributed by atoms with Crippen LogP contribution < -0.4 is 10.1 Å². The number of ether oxygens (including phenoxy) is 1. The molecule has 2 aromatic carbocycles. The van der Waals surface area contributed by atoms with Crippen LogP contribution in [0.1, 0.15) is 15.9 Å². The standard InChI is InChI=1S/C20H19ClN2O4S/c1-13-6-7-14(28(3,25)26)10-17(13)22-20(24)15-11-16(21)18(12-19(15)27-2)23-8-4-5-9-23/h4-12H,1-3H3,(H,22,24). The molecule has 0 atom stereocenters. The molecule has 3 rings (SSSR count). The Bertz CT molecular complexity index is 1140. The molecule has 3 aromatic rings. The van der Waals surface area contributed by atoms with Gasteiger partial charge in [0.15, 0.2) is 9.84 Å². The van der Waals surface area contributed by atoms with Crippen LogP contribution in [0.2, 0.25) is 5.02 Å². The molecule has 146 valence electrons. The number of rotatable bonds is 5. The minimum atomic E-state index is -3.39. The fraction of sp³-hybridized carbons (Fsp3) is 0.150. The number of methoxy groups -OCH3 is 1. The molecule has 0 fully saturated rings. The summed E-state index contributed by atoms with van der Waals surface area (Å²) in [4.78, 5) is 13.0. The number of sulfone groups is 1. The van der Waals surface area contributed by atoms with Gasteiger partial charge >= 0.3 is 0 Å². The quantitative estimate of drug-likeness (QED) is 0.676. The Labute approximate surface area is 168 Å². The predicted octanol–water partition coefficient (Wildman–Crippen LogP) is 4.10. The van der Waals surface area contributed by atoms with Gasteiger partial charge in [-0.3, -0.25) is 4.79 Å². The zero-order valence-electron chi connectivity index (χ0n) is 15.6. The van der Waals surface area contributed by atoms with E-state index < -0.39 is 15.7 Å². The molecule has 1 amide bonds. The lowest BCUT2D eigenvalue weighted by atomic mass is 10.1. The highest BCUT2D eigenvalue weighted by Crippen LogP contribution is 2.31. The second-order valence-corrected chi connectivity index (χ2v) is 8.72. The summed E-state index contributed by atoms with van der Waals surface area (Å²) in [5.74, 6) is -0.103. The number of amides is 1. The van der Waals surface area contributed by atoms with E-state index in [1.165, 1.54) is 25.3 Å². The molecule has 8 heteroatoms. The van der Waals surface area contributed by atoms with Crippen LogP contribution in [0.15, 0.2) is 59.8 Å². The molecule has 6 nitrogen and oxygen atoms in total. The first-order valence-electron chi connectivity index (χ1n) is 8.33. The van der Waals surface area contributed by atoms with E-state index >= 15 is 0 Å². The average Bonchev–Trinajstić information content (AvgIpc) is 3.16. The number of aromatic nitrogens is 1. The van der Waals surface area contributed by atoms with E-state index in [1.807, 2.05) is 29.1 Å². The molecule has 0 bridgehead atoms. The van der Waals surface area contributed by atoms with Crippen molar-refractivity contribution in [2.75, 3.05) is 18.7 Å². The summed E-state index contributed by atoms with van der Waals surface area (Å²) < 4.78 is 30.8. The third-order valence-electron chi connectivity index (χ3n) is 4.28. The SMILES string of the molecule is COc1cc(-n2cccc2)c(Cl)cc1C(=O)Nc1cc(S(C)(=O)=O)ccc1C. The van der Waals surface area contributed by atoms with Crippen molar-refractivity contribution in [3.63, 3.8) is 0 Å². The molecule has 0 radical (unpaired) electrons. The fourth-order valence-corrected chi connectivity index (χ4v) is 3.65. The molecule has 0 unspecified atom stereocenters. The first-order valence-corrected chi connectivity index (χ1v) is 10.6.